The zero-order valence-corrected chi connectivity index (χ0v) is 19.2. The number of ether oxygens (including phenoxy) is 2. The average molecular weight is 470 g/mol. The van der Waals surface area contributed by atoms with E-state index < -0.39 is 0 Å². The third-order valence-corrected chi connectivity index (χ3v) is 4.29. The Kier molecular flexibility index (Phi) is 13.9. The molecule has 0 spiro atoms. The first-order valence-electron chi connectivity index (χ1n) is 9.36. The van der Waals surface area contributed by atoms with E-state index in [-0.39, 0.29) is 36.1 Å². The van der Waals surface area contributed by atoms with Gasteiger partial charge in [0, 0.05) is 44.9 Å². The first kappa shape index (κ1) is 24.9. The molecule has 150 valence electrons. The van der Waals surface area contributed by atoms with E-state index in [1.54, 1.807) is 0 Å². The molecule has 0 aromatic heterocycles. The van der Waals surface area contributed by atoms with Crippen molar-refractivity contribution in [2.45, 2.75) is 71.7 Å². The Hall–Kier alpha value is -0.120. The van der Waals surface area contributed by atoms with E-state index in [4.69, 9.17) is 9.47 Å². The lowest BCUT2D eigenvalue weighted by Crippen LogP contribution is -2.45. The van der Waals surface area contributed by atoms with Gasteiger partial charge in [-0.15, -0.1) is 24.0 Å². The Morgan fingerprint density at radius 2 is 1.92 bits per heavy atom. The van der Waals surface area contributed by atoms with Crippen LogP contribution in [0.2, 0.25) is 0 Å². The van der Waals surface area contributed by atoms with Crippen LogP contribution < -0.4 is 10.6 Å². The summed E-state index contributed by atoms with van der Waals surface area (Å²) in [6.07, 6.45) is 2.35. The molecule has 0 bridgehead atoms. The predicted octanol–water partition coefficient (Wildman–Crippen LogP) is 2.47. The van der Waals surface area contributed by atoms with E-state index in [9.17, 15) is 0 Å². The maximum atomic E-state index is 5.84. The second-order valence-corrected chi connectivity index (χ2v) is 7.14. The lowest BCUT2D eigenvalue weighted by atomic mass is 10.2. The molecule has 0 amide bonds. The van der Waals surface area contributed by atoms with Crippen LogP contribution in [-0.2, 0) is 9.47 Å². The summed E-state index contributed by atoms with van der Waals surface area (Å²) in [6.45, 7) is 15.4. The molecule has 1 saturated heterocycles. The van der Waals surface area contributed by atoms with Gasteiger partial charge in [0.1, 0.15) is 0 Å². The molecule has 0 aliphatic carbocycles. The van der Waals surface area contributed by atoms with Crippen molar-refractivity contribution in [3.63, 3.8) is 0 Å². The molecule has 7 heteroatoms. The number of hydrogen-bond acceptors (Lipinski definition) is 4. The van der Waals surface area contributed by atoms with Crippen molar-refractivity contribution in [3.05, 3.63) is 0 Å². The molecule has 1 aliphatic rings. The number of nitrogens with zero attached hydrogens (tertiary/aromatic N) is 2. The fourth-order valence-electron chi connectivity index (χ4n) is 2.98. The third-order valence-electron chi connectivity index (χ3n) is 4.29. The van der Waals surface area contributed by atoms with Crippen molar-refractivity contribution in [1.29, 1.82) is 0 Å². The number of hydrogen-bond donors (Lipinski definition) is 2. The van der Waals surface area contributed by atoms with Crippen LogP contribution >= 0.6 is 24.0 Å². The number of rotatable bonds is 10. The van der Waals surface area contributed by atoms with E-state index in [2.05, 4.69) is 55.1 Å². The zero-order valence-electron chi connectivity index (χ0n) is 16.9. The minimum Gasteiger partial charge on any atom is -0.379 e. The van der Waals surface area contributed by atoms with Crippen molar-refractivity contribution in [3.8, 4) is 0 Å². The van der Waals surface area contributed by atoms with Crippen molar-refractivity contribution in [2.24, 2.45) is 4.99 Å². The van der Waals surface area contributed by atoms with Gasteiger partial charge in [-0.05, 0) is 47.5 Å². The number of halogens is 1. The van der Waals surface area contributed by atoms with Crippen LogP contribution in [-0.4, -0.2) is 75.0 Å². The van der Waals surface area contributed by atoms with Crippen LogP contribution in [0.15, 0.2) is 4.99 Å². The molecule has 1 aliphatic heterocycles. The van der Waals surface area contributed by atoms with Crippen LogP contribution in [0, 0.1) is 0 Å². The van der Waals surface area contributed by atoms with E-state index >= 15 is 0 Å². The van der Waals surface area contributed by atoms with Crippen molar-refractivity contribution in [1.82, 2.24) is 15.5 Å². The summed E-state index contributed by atoms with van der Waals surface area (Å²) in [6, 6.07) is 1.39. The molecular weight excluding hydrogens is 431 g/mol. The van der Waals surface area contributed by atoms with E-state index in [1.807, 2.05) is 7.05 Å². The van der Waals surface area contributed by atoms with Gasteiger partial charge in [-0.2, -0.15) is 0 Å². The maximum absolute atomic E-state index is 5.84. The average Bonchev–Trinajstić information content (AvgIpc) is 3.04. The summed E-state index contributed by atoms with van der Waals surface area (Å²) in [7, 11) is 1.81. The van der Waals surface area contributed by atoms with Gasteiger partial charge in [0.05, 0.1) is 19.3 Å². The molecule has 0 radical (unpaired) electrons. The molecule has 2 N–H and O–H groups in total. The van der Waals surface area contributed by atoms with Gasteiger partial charge in [-0.3, -0.25) is 9.89 Å². The summed E-state index contributed by atoms with van der Waals surface area (Å²) in [5.41, 5.74) is 0. The number of nitrogens with one attached hydrogen (secondary N) is 2. The molecule has 2 atom stereocenters. The second kappa shape index (κ2) is 14.0. The summed E-state index contributed by atoms with van der Waals surface area (Å²) in [5.74, 6) is 0.842. The summed E-state index contributed by atoms with van der Waals surface area (Å²) < 4.78 is 11.2. The fourth-order valence-corrected chi connectivity index (χ4v) is 2.98. The standard InChI is InChI=1S/C18H38N4O2.HI/c1-14(2)22(15(3)4)10-7-9-20-18(19-6)21-16(5)12-24-17-8-11-23-13-17;/h14-17H,7-13H2,1-6H3,(H2,19,20,21);1H. The van der Waals surface area contributed by atoms with Crippen LogP contribution in [0.5, 0.6) is 0 Å². The maximum Gasteiger partial charge on any atom is 0.191 e. The van der Waals surface area contributed by atoms with Gasteiger partial charge in [0.2, 0.25) is 0 Å². The Morgan fingerprint density at radius 1 is 1.24 bits per heavy atom. The fraction of sp³-hybridized carbons (Fsp3) is 0.944. The highest BCUT2D eigenvalue weighted by atomic mass is 127. The topological polar surface area (TPSA) is 58.1 Å². The molecule has 1 fully saturated rings. The van der Waals surface area contributed by atoms with Crippen LogP contribution in [0.25, 0.3) is 0 Å². The van der Waals surface area contributed by atoms with Crippen molar-refractivity contribution < 1.29 is 9.47 Å². The van der Waals surface area contributed by atoms with Gasteiger partial charge in [-0.25, -0.2) is 0 Å². The Balaban J connectivity index is 0.00000576. The van der Waals surface area contributed by atoms with Gasteiger partial charge in [0.25, 0.3) is 0 Å². The summed E-state index contributed by atoms with van der Waals surface area (Å²) >= 11 is 0. The zero-order chi connectivity index (χ0) is 17.9. The predicted molar refractivity (Wildman–Crippen MR) is 116 cm³/mol. The Bertz CT molecular complexity index is 353. The van der Waals surface area contributed by atoms with Crippen LogP contribution in [0.4, 0.5) is 0 Å². The smallest absolute Gasteiger partial charge is 0.191 e. The molecule has 1 heterocycles. The number of aliphatic imine (C=N–C) groups is 1. The highest BCUT2D eigenvalue weighted by Gasteiger charge is 2.17. The van der Waals surface area contributed by atoms with Crippen molar-refractivity contribution in [2.75, 3.05) is 40.0 Å². The molecule has 0 aromatic carbocycles. The second-order valence-electron chi connectivity index (χ2n) is 7.14. The quantitative estimate of drug-likeness (QED) is 0.222. The Labute approximate surface area is 171 Å². The summed E-state index contributed by atoms with van der Waals surface area (Å²) in [4.78, 5) is 6.81. The van der Waals surface area contributed by atoms with Gasteiger partial charge in [0.15, 0.2) is 5.96 Å². The minimum absolute atomic E-state index is 0. The highest BCUT2D eigenvalue weighted by molar-refractivity contribution is 14.0. The molecule has 6 nitrogen and oxygen atoms in total. The first-order chi connectivity index (χ1) is 11.4. The largest absolute Gasteiger partial charge is 0.379 e. The van der Waals surface area contributed by atoms with Gasteiger partial charge < -0.3 is 20.1 Å². The lowest BCUT2D eigenvalue weighted by molar-refractivity contribution is 0.0347. The lowest BCUT2D eigenvalue weighted by Gasteiger charge is -2.30. The molecule has 2 unspecified atom stereocenters. The van der Waals surface area contributed by atoms with E-state index in [0.29, 0.717) is 18.7 Å². The van der Waals surface area contributed by atoms with E-state index in [1.165, 1.54) is 0 Å². The number of guanidine groups is 1. The van der Waals surface area contributed by atoms with Gasteiger partial charge >= 0.3 is 0 Å². The molecular formula is C18H39IN4O2. The third kappa shape index (κ3) is 10.6. The SMILES string of the molecule is CN=C(NCCCN(C(C)C)C(C)C)NC(C)COC1CCOC1.I. The molecule has 0 aromatic rings. The first-order valence-corrected chi connectivity index (χ1v) is 9.36. The van der Waals surface area contributed by atoms with Crippen molar-refractivity contribution >= 4 is 29.9 Å². The minimum atomic E-state index is 0. The Morgan fingerprint density at radius 3 is 2.44 bits per heavy atom. The highest BCUT2D eigenvalue weighted by Crippen LogP contribution is 2.08. The van der Waals surface area contributed by atoms with E-state index in [0.717, 1.165) is 45.1 Å². The molecule has 1 rings (SSSR count). The van der Waals surface area contributed by atoms with Crippen LogP contribution in [0.3, 0.4) is 0 Å². The molecule has 0 saturated carbocycles. The van der Waals surface area contributed by atoms with Gasteiger partial charge in [-0.1, -0.05) is 0 Å². The summed E-state index contributed by atoms with van der Waals surface area (Å²) in [5, 5.41) is 6.78. The normalized spacial score (nSPS) is 19.4. The van der Waals surface area contributed by atoms with Crippen LogP contribution in [0.1, 0.15) is 47.5 Å². The monoisotopic (exact) mass is 470 g/mol. The molecule has 25 heavy (non-hydrogen) atoms.